The van der Waals surface area contributed by atoms with E-state index < -0.39 is 5.60 Å². The molecule has 0 saturated carbocycles. The lowest BCUT2D eigenvalue weighted by atomic mass is 10.0. The van der Waals surface area contributed by atoms with Gasteiger partial charge in [0.25, 0.3) is 0 Å². The molecule has 3 rings (SSSR count). The van der Waals surface area contributed by atoms with Crippen molar-refractivity contribution in [2.75, 3.05) is 45.9 Å². The number of aromatic amines is 1. The molecule has 0 radical (unpaired) electrons. The third-order valence-corrected chi connectivity index (χ3v) is 4.20. The first kappa shape index (κ1) is 14.5. The van der Waals surface area contributed by atoms with Crippen molar-refractivity contribution in [1.29, 1.82) is 0 Å². The Morgan fingerprint density at radius 1 is 1.43 bits per heavy atom. The highest BCUT2D eigenvalue weighted by Gasteiger charge is 2.39. The molecule has 0 aromatic carbocycles. The van der Waals surface area contributed by atoms with Crippen LogP contribution in [-0.2, 0) is 16.0 Å². The number of aliphatic hydroxyl groups is 1. The molecule has 7 nitrogen and oxygen atoms in total. The minimum Gasteiger partial charge on any atom is -0.387 e. The molecule has 2 fully saturated rings. The fourth-order valence-corrected chi connectivity index (χ4v) is 3.03. The second-order valence-electron chi connectivity index (χ2n) is 5.93. The first-order chi connectivity index (χ1) is 10.1. The van der Waals surface area contributed by atoms with Gasteiger partial charge in [0.1, 0.15) is 0 Å². The minimum absolute atomic E-state index is 0.0390. The van der Waals surface area contributed by atoms with Gasteiger partial charge in [-0.15, -0.1) is 0 Å². The maximum atomic E-state index is 12.2. The molecule has 2 aliphatic heterocycles. The van der Waals surface area contributed by atoms with Crippen LogP contribution in [0.4, 0.5) is 0 Å². The fourth-order valence-electron chi connectivity index (χ4n) is 3.03. The number of nitrogens with zero attached hydrogens (tertiary/aromatic N) is 3. The van der Waals surface area contributed by atoms with Crippen molar-refractivity contribution in [3.8, 4) is 0 Å². The molecule has 7 heteroatoms. The molecule has 0 bridgehead atoms. The van der Waals surface area contributed by atoms with Crippen LogP contribution in [0.15, 0.2) is 12.5 Å². The number of β-amino-alcohol motifs (C(OH)–C–C–N with tert-alkyl or cyclic N) is 1. The van der Waals surface area contributed by atoms with E-state index in [-0.39, 0.29) is 5.91 Å². The van der Waals surface area contributed by atoms with Crippen molar-refractivity contribution in [2.24, 2.45) is 0 Å². The van der Waals surface area contributed by atoms with E-state index in [1.54, 1.807) is 17.4 Å². The molecule has 116 valence electrons. The van der Waals surface area contributed by atoms with Gasteiger partial charge in [-0.2, -0.15) is 0 Å². The van der Waals surface area contributed by atoms with Crippen LogP contribution in [0.2, 0.25) is 0 Å². The molecule has 0 unspecified atom stereocenters. The molecule has 21 heavy (non-hydrogen) atoms. The zero-order chi connectivity index (χ0) is 14.7. The molecule has 1 atom stereocenters. The summed E-state index contributed by atoms with van der Waals surface area (Å²) in [7, 11) is 0. The lowest BCUT2D eigenvalue weighted by Gasteiger charge is -2.33. The van der Waals surface area contributed by atoms with Gasteiger partial charge < -0.3 is 19.7 Å². The van der Waals surface area contributed by atoms with Crippen LogP contribution in [-0.4, -0.2) is 82.3 Å². The summed E-state index contributed by atoms with van der Waals surface area (Å²) in [4.78, 5) is 23.0. The highest BCUT2D eigenvalue weighted by atomic mass is 16.5. The predicted molar refractivity (Wildman–Crippen MR) is 75.7 cm³/mol. The quantitative estimate of drug-likeness (QED) is 0.763. The van der Waals surface area contributed by atoms with E-state index in [1.807, 2.05) is 0 Å². The smallest absolute Gasteiger partial charge is 0.228 e. The highest BCUT2D eigenvalue weighted by Crippen LogP contribution is 2.23. The molecule has 1 aromatic heterocycles. The van der Waals surface area contributed by atoms with Crippen LogP contribution in [0, 0.1) is 0 Å². The molecule has 1 aromatic rings. The van der Waals surface area contributed by atoms with Crippen molar-refractivity contribution in [2.45, 2.75) is 18.4 Å². The van der Waals surface area contributed by atoms with Crippen molar-refractivity contribution in [3.63, 3.8) is 0 Å². The second-order valence-corrected chi connectivity index (χ2v) is 5.93. The van der Waals surface area contributed by atoms with Crippen molar-refractivity contribution in [3.05, 3.63) is 18.2 Å². The SMILES string of the molecule is O=C(Cc1cnc[nH]1)N1CC[C@](O)(CN2CCOCC2)C1. The zero-order valence-corrected chi connectivity index (χ0v) is 12.1. The van der Waals surface area contributed by atoms with Gasteiger partial charge in [0.05, 0.1) is 38.1 Å². The molecule has 2 N–H and O–H groups in total. The van der Waals surface area contributed by atoms with E-state index in [1.165, 1.54) is 0 Å². The largest absolute Gasteiger partial charge is 0.387 e. The number of imidazole rings is 1. The van der Waals surface area contributed by atoms with Gasteiger partial charge in [-0.05, 0) is 6.42 Å². The summed E-state index contributed by atoms with van der Waals surface area (Å²) in [5, 5.41) is 10.7. The number of carbonyl (C=O) groups excluding carboxylic acids is 1. The van der Waals surface area contributed by atoms with Crippen LogP contribution in [0.25, 0.3) is 0 Å². The Morgan fingerprint density at radius 2 is 2.24 bits per heavy atom. The van der Waals surface area contributed by atoms with Crippen molar-refractivity contribution >= 4 is 5.91 Å². The number of likely N-dealkylation sites (tertiary alicyclic amines) is 1. The molecule has 3 heterocycles. The lowest BCUT2D eigenvalue weighted by molar-refractivity contribution is -0.130. The maximum Gasteiger partial charge on any atom is 0.228 e. The average molecular weight is 294 g/mol. The van der Waals surface area contributed by atoms with E-state index in [0.29, 0.717) is 32.5 Å². The summed E-state index contributed by atoms with van der Waals surface area (Å²) in [6.07, 6.45) is 4.18. The number of rotatable bonds is 4. The number of hydrogen-bond acceptors (Lipinski definition) is 5. The van der Waals surface area contributed by atoms with Crippen LogP contribution in [0.1, 0.15) is 12.1 Å². The van der Waals surface area contributed by atoms with E-state index in [2.05, 4.69) is 14.9 Å². The number of aromatic nitrogens is 2. The molecule has 0 spiro atoms. The number of ether oxygens (including phenoxy) is 1. The molecule has 1 amide bonds. The second kappa shape index (κ2) is 6.13. The van der Waals surface area contributed by atoms with Crippen molar-refractivity contribution < 1.29 is 14.6 Å². The van der Waals surface area contributed by atoms with E-state index in [0.717, 1.165) is 32.0 Å². The highest BCUT2D eigenvalue weighted by molar-refractivity contribution is 5.78. The monoisotopic (exact) mass is 294 g/mol. The summed E-state index contributed by atoms with van der Waals surface area (Å²) >= 11 is 0. The summed E-state index contributed by atoms with van der Waals surface area (Å²) in [5.41, 5.74) is 0.0182. The number of H-pyrrole nitrogens is 1. The van der Waals surface area contributed by atoms with Crippen LogP contribution < -0.4 is 0 Å². The summed E-state index contributed by atoms with van der Waals surface area (Å²) in [6, 6.07) is 0. The average Bonchev–Trinajstić information content (AvgIpc) is 3.10. The topological polar surface area (TPSA) is 81.7 Å². The Balaban J connectivity index is 1.52. The van der Waals surface area contributed by atoms with Gasteiger partial charge in [-0.3, -0.25) is 9.69 Å². The van der Waals surface area contributed by atoms with E-state index in [9.17, 15) is 9.90 Å². The summed E-state index contributed by atoms with van der Waals surface area (Å²) in [6.45, 7) is 4.79. The summed E-state index contributed by atoms with van der Waals surface area (Å²) < 4.78 is 5.32. The zero-order valence-electron chi connectivity index (χ0n) is 12.1. The standard InChI is InChI=1S/C14H22N4O3/c19-13(7-12-8-15-11-16-12)18-2-1-14(20,10-18)9-17-3-5-21-6-4-17/h8,11,20H,1-7,9-10H2,(H,15,16)/t14-/m0/s1. The molecular weight excluding hydrogens is 272 g/mol. The first-order valence-electron chi connectivity index (χ1n) is 7.42. The van der Waals surface area contributed by atoms with Crippen LogP contribution in [0.3, 0.4) is 0 Å². The van der Waals surface area contributed by atoms with Gasteiger partial charge in [0, 0.05) is 38.1 Å². The minimum atomic E-state index is -0.791. The number of morpholine rings is 1. The van der Waals surface area contributed by atoms with Gasteiger partial charge in [-0.25, -0.2) is 4.98 Å². The van der Waals surface area contributed by atoms with Gasteiger partial charge >= 0.3 is 0 Å². The Hall–Kier alpha value is -1.44. The number of hydrogen-bond donors (Lipinski definition) is 2. The maximum absolute atomic E-state index is 12.2. The Morgan fingerprint density at radius 3 is 2.95 bits per heavy atom. The number of carbonyl (C=O) groups is 1. The lowest BCUT2D eigenvalue weighted by Crippen LogP contribution is -2.49. The molecule has 2 aliphatic rings. The molecule has 0 aliphatic carbocycles. The molecule has 2 saturated heterocycles. The van der Waals surface area contributed by atoms with Gasteiger partial charge in [0.2, 0.25) is 5.91 Å². The molecular formula is C14H22N4O3. The number of amides is 1. The third-order valence-electron chi connectivity index (χ3n) is 4.20. The Kier molecular flexibility index (Phi) is 4.23. The summed E-state index contributed by atoms with van der Waals surface area (Å²) in [5.74, 6) is 0.0390. The van der Waals surface area contributed by atoms with E-state index in [4.69, 9.17) is 4.74 Å². The van der Waals surface area contributed by atoms with Crippen LogP contribution in [0.5, 0.6) is 0 Å². The third kappa shape index (κ3) is 3.61. The van der Waals surface area contributed by atoms with Gasteiger partial charge in [-0.1, -0.05) is 0 Å². The number of nitrogens with one attached hydrogen (secondary N) is 1. The Labute approximate surface area is 123 Å². The van der Waals surface area contributed by atoms with Gasteiger partial charge in [0.15, 0.2) is 0 Å². The first-order valence-corrected chi connectivity index (χ1v) is 7.42. The Bertz CT molecular complexity index is 473. The predicted octanol–water partition coefficient (Wildman–Crippen LogP) is -0.752. The fraction of sp³-hybridized carbons (Fsp3) is 0.714. The van der Waals surface area contributed by atoms with Crippen LogP contribution >= 0.6 is 0 Å². The normalized spacial score (nSPS) is 27.2. The van der Waals surface area contributed by atoms with E-state index >= 15 is 0 Å². The van der Waals surface area contributed by atoms with Crippen molar-refractivity contribution in [1.82, 2.24) is 19.8 Å².